The molecular formula is C31H53N5O8P+. The second-order valence-electron chi connectivity index (χ2n) is 11.8. The zero-order chi connectivity index (χ0) is 32.7. The fourth-order valence-electron chi connectivity index (χ4n) is 5.43. The first-order valence-corrected chi connectivity index (χ1v) is 17.9. The van der Waals surface area contributed by atoms with Crippen LogP contribution in [-0.4, -0.2) is 41.1 Å². The van der Waals surface area contributed by atoms with Crippen LogP contribution < -0.4 is 11.2 Å². The van der Waals surface area contributed by atoms with Crippen LogP contribution >= 0.6 is 8.25 Å². The molecule has 0 bridgehead atoms. The van der Waals surface area contributed by atoms with E-state index in [1.807, 2.05) is 0 Å². The van der Waals surface area contributed by atoms with Gasteiger partial charge in [-0.1, -0.05) is 121 Å². The number of nitrogens with one attached hydrogen (secondary N) is 1. The highest BCUT2D eigenvalue weighted by Gasteiger charge is 2.40. The molecular weight excluding hydrogens is 601 g/mol. The lowest BCUT2D eigenvalue weighted by molar-refractivity contribution is -0.0235. The van der Waals surface area contributed by atoms with Gasteiger partial charge in [-0.2, -0.15) is 4.79 Å². The molecule has 45 heavy (non-hydrogen) atoms. The molecule has 1 fully saturated rings. The SMILES string of the molecule is CCCCCCCCCCCCCCCCCCCCOC(=O)O[P+](=O)OC[C@H]1O[C@@H](n2cc(C)c(=O)[nH]c2=O)C[C@@H]1N=[N+]=[N-]. The van der Waals surface area contributed by atoms with Gasteiger partial charge >= 0.3 is 20.1 Å². The largest absolute Gasteiger partial charge is 0.756 e. The minimum atomic E-state index is -2.85. The van der Waals surface area contributed by atoms with Crippen molar-refractivity contribution in [3.8, 4) is 0 Å². The predicted molar refractivity (Wildman–Crippen MR) is 172 cm³/mol. The normalized spacial score (nSPS) is 18.0. The highest BCUT2D eigenvalue weighted by atomic mass is 31.1. The third-order valence-electron chi connectivity index (χ3n) is 8.07. The Morgan fingerprint density at radius 2 is 1.51 bits per heavy atom. The second kappa shape index (κ2) is 23.6. The number of H-pyrrole nitrogens is 1. The monoisotopic (exact) mass is 654 g/mol. The summed E-state index contributed by atoms with van der Waals surface area (Å²) in [5, 5.41) is 3.66. The molecule has 0 aliphatic carbocycles. The fraction of sp³-hybridized carbons (Fsp3) is 0.839. The lowest BCUT2D eigenvalue weighted by atomic mass is 10.0. The summed E-state index contributed by atoms with van der Waals surface area (Å²) in [5.74, 6) is 0. The average Bonchev–Trinajstić information content (AvgIpc) is 3.41. The van der Waals surface area contributed by atoms with E-state index in [4.69, 9.17) is 19.5 Å². The van der Waals surface area contributed by atoms with Crippen molar-refractivity contribution < 1.29 is 27.9 Å². The Morgan fingerprint density at radius 3 is 2.04 bits per heavy atom. The molecule has 1 aromatic heterocycles. The van der Waals surface area contributed by atoms with Crippen LogP contribution in [0.5, 0.6) is 0 Å². The molecule has 0 amide bonds. The lowest BCUT2D eigenvalue weighted by Gasteiger charge is -2.14. The number of azide groups is 1. The summed E-state index contributed by atoms with van der Waals surface area (Å²) in [5.41, 5.74) is 8.00. The smallest absolute Gasteiger partial charge is 0.431 e. The molecule has 2 rings (SSSR count). The number of hydrogen-bond donors (Lipinski definition) is 1. The molecule has 1 unspecified atom stereocenters. The number of aromatic amines is 1. The van der Waals surface area contributed by atoms with Crippen LogP contribution in [0.2, 0.25) is 0 Å². The molecule has 13 nitrogen and oxygen atoms in total. The topological polar surface area (TPSA) is 175 Å². The van der Waals surface area contributed by atoms with Gasteiger partial charge in [0.25, 0.3) is 5.56 Å². The molecule has 254 valence electrons. The van der Waals surface area contributed by atoms with E-state index in [2.05, 4.69) is 26.5 Å². The number of carbonyl (C=O) groups excluding carboxylic acids is 1. The van der Waals surface area contributed by atoms with Crippen molar-refractivity contribution in [1.29, 1.82) is 0 Å². The number of rotatable bonds is 25. The van der Waals surface area contributed by atoms with Crippen molar-refractivity contribution in [3.63, 3.8) is 0 Å². The molecule has 0 saturated carbocycles. The molecule has 0 aromatic carbocycles. The molecule has 1 aromatic rings. The Kier molecular flexibility index (Phi) is 20.2. The van der Waals surface area contributed by atoms with Gasteiger partial charge in [0.15, 0.2) is 0 Å². The van der Waals surface area contributed by atoms with Crippen LogP contribution in [0.25, 0.3) is 10.4 Å². The van der Waals surface area contributed by atoms with Crippen molar-refractivity contribution >= 4 is 14.4 Å². The van der Waals surface area contributed by atoms with E-state index in [0.29, 0.717) is 12.0 Å². The van der Waals surface area contributed by atoms with E-state index in [-0.39, 0.29) is 19.6 Å². The third-order valence-corrected chi connectivity index (χ3v) is 8.73. The maximum Gasteiger partial charge on any atom is 0.756 e. The summed E-state index contributed by atoms with van der Waals surface area (Å²) < 4.78 is 33.8. The van der Waals surface area contributed by atoms with Crippen molar-refractivity contribution in [3.05, 3.63) is 43.0 Å². The molecule has 4 atom stereocenters. The Morgan fingerprint density at radius 1 is 0.978 bits per heavy atom. The van der Waals surface area contributed by atoms with Gasteiger partial charge in [0.1, 0.15) is 12.8 Å². The highest BCUT2D eigenvalue weighted by Crippen LogP contribution is 2.33. The van der Waals surface area contributed by atoms with Crippen molar-refractivity contribution in [2.45, 2.75) is 154 Å². The molecule has 1 N–H and O–H groups in total. The van der Waals surface area contributed by atoms with E-state index in [1.165, 1.54) is 114 Å². The highest BCUT2D eigenvalue weighted by molar-refractivity contribution is 7.34. The van der Waals surface area contributed by atoms with E-state index in [9.17, 15) is 18.9 Å². The lowest BCUT2D eigenvalue weighted by Crippen LogP contribution is -2.33. The molecule has 1 saturated heterocycles. The van der Waals surface area contributed by atoms with Crippen LogP contribution in [-0.2, 0) is 23.1 Å². The van der Waals surface area contributed by atoms with Crippen LogP contribution in [0, 0.1) is 6.92 Å². The summed E-state index contributed by atoms with van der Waals surface area (Å²) in [7, 11) is -2.85. The number of aryl methyl sites for hydroxylation is 1. The number of nitrogens with zero attached hydrogens (tertiary/aromatic N) is 4. The predicted octanol–water partition coefficient (Wildman–Crippen LogP) is 8.68. The number of ether oxygens (including phenoxy) is 2. The second-order valence-corrected chi connectivity index (χ2v) is 12.7. The fourth-order valence-corrected chi connectivity index (χ4v) is 5.93. The number of aromatic nitrogens is 2. The minimum Gasteiger partial charge on any atom is -0.431 e. The average molecular weight is 655 g/mol. The van der Waals surface area contributed by atoms with Gasteiger partial charge in [0.05, 0.1) is 18.8 Å². The van der Waals surface area contributed by atoms with Gasteiger partial charge in [-0.25, -0.2) is 4.79 Å². The first kappa shape index (κ1) is 38.5. The third kappa shape index (κ3) is 16.4. The minimum absolute atomic E-state index is 0.128. The van der Waals surface area contributed by atoms with Crippen molar-refractivity contribution in [1.82, 2.24) is 9.55 Å². The van der Waals surface area contributed by atoms with Crippen LogP contribution in [0.15, 0.2) is 20.9 Å². The summed E-state index contributed by atoms with van der Waals surface area (Å²) in [6.45, 7) is 3.65. The van der Waals surface area contributed by atoms with Gasteiger partial charge < -0.3 is 9.47 Å². The summed E-state index contributed by atoms with van der Waals surface area (Å²) in [6, 6.07) is -0.737. The van der Waals surface area contributed by atoms with Crippen molar-refractivity contribution in [2.75, 3.05) is 13.2 Å². The van der Waals surface area contributed by atoms with Gasteiger partial charge in [-0.05, 0) is 18.9 Å². The van der Waals surface area contributed by atoms with E-state index in [0.717, 1.165) is 12.8 Å². The first-order valence-electron chi connectivity index (χ1n) is 16.8. The molecule has 1 aliphatic heterocycles. The van der Waals surface area contributed by atoms with Crippen LogP contribution in [0.3, 0.4) is 0 Å². The van der Waals surface area contributed by atoms with E-state index in [1.54, 1.807) is 0 Å². The van der Waals surface area contributed by atoms with Crippen molar-refractivity contribution in [2.24, 2.45) is 5.11 Å². The number of hydrogen-bond acceptors (Lipinski definition) is 9. The van der Waals surface area contributed by atoms with Gasteiger partial charge in [0.2, 0.25) is 0 Å². The number of unbranched alkanes of at least 4 members (excludes halogenated alkanes) is 17. The van der Waals surface area contributed by atoms with Gasteiger partial charge in [0, 0.05) is 27.7 Å². The molecule has 2 heterocycles. The Labute approximate surface area is 267 Å². The van der Waals surface area contributed by atoms with E-state index < -0.39 is 44.0 Å². The standard InChI is InChI=1S/C31H52N5O8P/c1-3-4-5-6-7-8-9-10-11-12-13-14-15-16-17-18-19-20-21-41-31(39)44-45(40)42-24-27-26(34-35-32)22-28(43-27)36-23-25(2)29(37)33-30(36)38/h23,26-28H,3-22,24H2,1-2H3/p+1/t26-,27+,28+/m0/s1. The molecule has 0 spiro atoms. The summed E-state index contributed by atoms with van der Waals surface area (Å²) >= 11 is 0. The molecule has 1 aliphatic rings. The summed E-state index contributed by atoms with van der Waals surface area (Å²) in [4.78, 5) is 40.7. The maximum atomic E-state index is 12.2. The molecule has 0 radical (unpaired) electrons. The molecule has 14 heteroatoms. The Hall–Kier alpha value is -2.72. The van der Waals surface area contributed by atoms with Gasteiger partial charge in [-0.15, -0.1) is 9.05 Å². The zero-order valence-electron chi connectivity index (χ0n) is 27.2. The maximum absolute atomic E-state index is 12.2. The Bertz CT molecular complexity index is 1170. The van der Waals surface area contributed by atoms with Crippen LogP contribution in [0.1, 0.15) is 141 Å². The van der Waals surface area contributed by atoms with E-state index >= 15 is 0 Å². The zero-order valence-corrected chi connectivity index (χ0v) is 28.1. The first-order chi connectivity index (χ1) is 21.8. The Balaban J connectivity index is 1.46. The number of carbonyl (C=O) groups is 1. The quantitative estimate of drug-likeness (QED) is 0.0272. The summed E-state index contributed by atoms with van der Waals surface area (Å²) in [6.07, 6.45) is 21.5. The van der Waals surface area contributed by atoms with Gasteiger partial charge in [-0.3, -0.25) is 14.3 Å². The van der Waals surface area contributed by atoms with Crippen LogP contribution in [0.4, 0.5) is 4.79 Å².